The molecule has 2 fully saturated rings. The van der Waals surface area contributed by atoms with E-state index in [0.717, 1.165) is 24.9 Å². The summed E-state index contributed by atoms with van der Waals surface area (Å²) in [6.07, 6.45) is 6.34. The van der Waals surface area contributed by atoms with Crippen LogP contribution < -0.4 is 5.32 Å². The Morgan fingerprint density at radius 3 is 2.72 bits per heavy atom. The summed E-state index contributed by atoms with van der Waals surface area (Å²) >= 11 is 0. The lowest BCUT2D eigenvalue weighted by atomic mass is 9.89. The van der Waals surface area contributed by atoms with Crippen LogP contribution in [0.5, 0.6) is 0 Å². The van der Waals surface area contributed by atoms with Gasteiger partial charge in [-0.15, -0.1) is 0 Å². The highest BCUT2D eigenvalue weighted by atomic mass is 16.3. The summed E-state index contributed by atoms with van der Waals surface area (Å²) < 4.78 is 0. The van der Waals surface area contributed by atoms with E-state index in [-0.39, 0.29) is 0 Å². The van der Waals surface area contributed by atoms with Crippen LogP contribution in [0.3, 0.4) is 0 Å². The quantitative estimate of drug-likeness (QED) is 0.728. The van der Waals surface area contributed by atoms with Crippen molar-refractivity contribution in [3.63, 3.8) is 0 Å². The van der Waals surface area contributed by atoms with Crippen molar-refractivity contribution in [2.45, 2.75) is 52.0 Å². The second kappa shape index (κ2) is 6.36. The number of aliphatic hydroxyl groups excluding tert-OH is 1. The van der Waals surface area contributed by atoms with Gasteiger partial charge in [0.1, 0.15) is 0 Å². The van der Waals surface area contributed by atoms with Gasteiger partial charge in [0.15, 0.2) is 0 Å². The summed E-state index contributed by atoms with van der Waals surface area (Å²) in [7, 11) is 0. The third kappa shape index (κ3) is 4.87. The molecule has 106 valence electrons. The zero-order chi connectivity index (χ0) is 13.0. The molecule has 2 aliphatic rings. The molecule has 0 aromatic carbocycles. The van der Waals surface area contributed by atoms with E-state index < -0.39 is 0 Å². The van der Waals surface area contributed by atoms with Crippen molar-refractivity contribution in [2.24, 2.45) is 11.3 Å². The van der Waals surface area contributed by atoms with Gasteiger partial charge in [-0.3, -0.25) is 0 Å². The van der Waals surface area contributed by atoms with E-state index in [1.54, 1.807) is 0 Å². The zero-order valence-electron chi connectivity index (χ0n) is 12.1. The van der Waals surface area contributed by atoms with Gasteiger partial charge in [0.2, 0.25) is 0 Å². The van der Waals surface area contributed by atoms with Crippen LogP contribution in [0.15, 0.2) is 0 Å². The fourth-order valence-electron chi connectivity index (χ4n) is 3.08. The standard InChI is InChI=1S/C15H30N2O/c1-15(2,11-16-14-5-6-14)12-17-8-3-4-13(10-17)7-9-18/h13-14,16,18H,3-12H2,1-2H3. The minimum Gasteiger partial charge on any atom is -0.396 e. The van der Waals surface area contributed by atoms with Gasteiger partial charge in [0, 0.05) is 32.3 Å². The van der Waals surface area contributed by atoms with E-state index in [4.69, 9.17) is 5.11 Å². The van der Waals surface area contributed by atoms with Gasteiger partial charge in [0.05, 0.1) is 0 Å². The van der Waals surface area contributed by atoms with Gasteiger partial charge in [0.25, 0.3) is 0 Å². The molecule has 3 nitrogen and oxygen atoms in total. The molecule has 1 aliphatic heterocycles. The minimum atomic E-state index is 0.352. The summed E-state index contributed by atoms with van der Waals surface area (Å²) in [4.78, 5) is 2.61. The first kappa shape index (κ1) is 14.3. The smallest absolute Gasteiger partial charge is 0.0434 e. The first-order valence-corrected chi connectivity index (χ1v) is 7.66. The van der Waals surface area contributed by atoms with Crippen LogP contribution in [-0.4, -0.2) is 48.8 Å². The molecule has 0 bridgehead atoms. The van der Waals surface area contributed by atoms with Crippen LogP contribution in [0.4, 0.5) is 0 Å². The van der Waals surface area contributed by atoms with Crippen LogP contribution in [0.25, 0.3) is 0 Å². The molecule has 1 unspecified atom stereocenters. The highest BCUT2D eigenvalue weighted by Gasteiger charge is 2.28. The van der Waals surface area contributed by atoms with Crippen molar-refractivity contribution in [3.8, 4) is 0 Å². The molecule has 1 aliphatic carbocycles. The van der Waals surface area contributed by atoms with Gasteiger partial charge < -0.3 is 15.3 Å². The maximum atomic E-state index is 9.06. The van der Waals surface area contributed by atoms with Crippen molar-refractivity contribution in [1.82, 2.24) is 10.2 Å². The Morgan fingerprint density at radius 1 is 1.28 bits per heavy atom. The molecule has 3 heteroatoms. The topological polar surface area (TPSA) is 35.5 Å². The number of piperidine rings is 1. The van der Waals surface area contributed by atoms with Crippen molar-refractivity contribution in [3.05, 3.63) is 0 Å². The second-order valence-electron chi connectivity index (χ2n) is 7.08. The average Bonchev–Trinajstić information content (AvgIpc) is 3.10. The van der Waals surface area contributed by atoms with Gasteiger partial charge in [-0.2, -0.15) is 0 Å². The van der Waals surface area contributed by atoms with Crippen molar-refractivity contribution in [2.75, 3.05) is 32.8 Å². The van der Waals surface area contributed by atoms with Gasteiger partial charge in [-0.25, -0.2) is 0 Å². The summed E-state index contributed by atoms with van der Waals surface area (Å²) in [6.45, 7) is 9.86. The lowest BCUT2D eigenvalue weighted by Gasteiger charge is -2.38. The molecule has 0 aromatic rings. The third-order valence-corrected chi connectivity index (χ3v) is 4.24. The first-order chi connectivity index (χ1) is 8.59. The molecule has 2 rings (SSSR count). The van der Waals surface area contributed by atoms with Gasteiger partial charge in [-0.1, -0.05) is 13.8 Å². The largest absolute Gasteiger partial charge is 0.396 e. The third-order valence-electron chi connectivity index (χ3n) is 4.24. The monoisotopic (exact) mass is 254 g/mol. The Kier molecular flexibility index (Phi) is 5.05. The van der Waals surface area contributed by atoms with E-state index in [1.807, 2.05) is 0 Å². The van der Waals surface area contributed by atoms with Gasteiger partial charge >= 0.3 is 0 Å². The summed E-state index contributed by atoms with van der Waals surface area (Å²) in [5.74, 6) is 0.718. The van der Waals surface area contributed by atoms with Crippen LogP contribution in [-0.2, 0) is 0 Å². The SMILES string of the molecule is CC(C)(CNC1CC1)CN1CCCC(CCO)C1. The lowest BCUT2D eigenvalue weighted by molar-refractivity contribution is 0.106. The highest BCUT2D eigenvalue weighted by molar-refractivity contribution is 4.86. The fraction of sp³-hybridized carbons (Fsp3) is 1.00. The van der Waals surface area contributed by atoms with Crippen LogP contribution in [0, 0.1) is 11.3 Å². The summed E-state index contributed by atoms with van der Waals surface area (Å²) in [6, 6.07) is 0.813. The minimum absolute atomic E-state index is 0.352. The number of aliphatic hydroxyl groups is 1. The number of likely N-dealkylation sites (tertiary alicyclic amines) is 1. The van der Waals surface area contributed by atoms with E-state index in [0.29, 0.717) is 12.0 Å². The number of nitrogens with one attached hydrogen (secondary N) is 1. The second-order valence-corrected chi connectivity index (χ2v) is 7.08. The van der Waals surface area contributed by atoms with Crippen molar-refractivity contribution in [1.29, 1.82) is 0 Å². The predicted molar refractivity (Wildman–Crippen MR) is 75.7 cm³/mol. The molecule has 18 heavy (non-hydrogen) atoms. The number of hydrogen-bond acceptors (Lipinski definition) is 3. The van der Waals surface area contributed by atoms with E-state index in [1.165, 1.54) is 45.3 Å². The fourth-order valence-corrected chi connectivity index (χ4v) is 3.08. The Balaban J connectivity index is 1.72. The molecular weight excluding hydrogens is 224 g/mol. The molecule has 0 radical (unpaired) electrons. The molecule has 2 N–H and O–H groups in total. The molecule has 0 aromatic heterocycles. The molecular formula is C15H30N2O. The predicted octanol–water partition coefficient (Wildman–Crippen LogP) is 1.86. The maximum absolute atomic E-state index is 9.06. The molecule has 1 heterocycles. The molecule has 1 saturated carbocycles. The first-order valence-electron chi connectivity index (χ1n) is 7.66. The summed E-state index contributed by atoms with van der Waals surface area (Å²) in [5, 5.41) is 12.7. The van der Waals surface area contributed by atoms with Crippen LogP contribution in [0.1, 0.15) is 46.0 Å². The number of rotatable bonds is 7. The average molecular weight is 254 g/mol. The van der Waals surface area contributed by atoms with Gasteiger partial charge in [-0.05, 0) is 50.0 Å². The lowest BCUT2D eigenvalue weighted by Crippen LogP contribution is -2.45. The van der Waals surface area contributed by atoms with Crippen LogP contribution in [0.2, 0.25) is 0 Å². The Hall–Kier alpha value is -0.120. The van der Waals surface area contributed by atoms with E-state index in [9.17, 15) is 0 Å². The van der Waals surface area contributed by atoms with Crippen LogP contribution >= 0.6 is 0 Å². The Labute approximate surface area is 112 Å². The molecule has 0 amide bonds. The number of hydrogen-bond donors (Lipinski definition) is 2. The normalized spacial score (nSPS) is 26.5. The molecule has 1 atom stereocenters. The maximum Gasteiger partial charge on any atom is 0.0434 e. The Bertz CT molecular complexity index is 249. The van der Waals surface area contributed by atoms with Crippen molar-refractivity contribution >= 4 is 0 Å². The van der Waals surface area contributed by atoms with E-state index in [2.05, 4.69) is 24.1 Å². The Morgan fingerprint density at radius 2 is 2.06 bits per heavy atom. The zero-order valence-corrected chi connectivity index (χ0v) is 12.1. The summed E-state index contributed by atoms with van der Waals surface area (Å²) in [5.41, 5.74) is 0.365. The number of nitrogens with zero attached hydrogens (tertiary/aromatic N) is 1. The van der Waals surface area contributed by atoms with E-state index >= 15 is 0 Å². The highest BCUT2D eigenvalue weighted by Crippen LogP contribution is 2.25. The molecule has 1 saturated heterocycles. The van der Waals surface area contributed by atoms with Crippen molar-refractivity contribution < 1.29 is 5.11 Å². The molecule has 0 spiro atoms.